The minimum atomic E-state index is 0.286. The molecule has 2 aromatic rings. The van der Waals surface area contributed by atoms with E-state index in [0.717, 1.165) is 17.8 Å². The first-order valence-electron chi connectivity index (χ1n) is 9.07. The standard InChI is InChI=1S/C21H24N2/c1-2-8-23(7-1)20-5-3-16(4-6-20)15-22-21-12-17-9-18(13-21)11-19(10-17)14-21/h1-8,15,17-19H,9-14H2. The quantitative estimate of drug-likeness (QED) is 0.720. The van der Waals surface area contributed by atoms with Crippen LogP contribution in [0.1, 0.15) is 44.1 Å². The summed E-state index contributed by atoms with van der Waals surface area (Å²) in [5.74, 6) is 2.90. The van der Waals surface area contributed by atoms with Crippen LogP contribution in [0.25, 0.3) is 5.69 Å². The Morgan fingerprint density at radius 3 is 2.00 bits per heavy atom. The Hall–Kier alpha value is -1.83. The Morgan fingerprint density at radius 2 is 1.43 bits per heavy atom. The smallest absolute Gasteiger partial charge is 0.0616 e. The van der Waals surface area contributed by atoms with E-state index in [-0.39, 0.29) is 5.54 Å². The van der Waals surface area contributed by atoms with Crippen LogP contribution in [0.3, 0.4) is 0 Å². The lowest BCUT2D eigenvalue weighted by Gasteiger charge is -2.54. The largest absolute Gasteiger partial charge is 0.324 e. The number of hydrogen-bond acceptors (Lipinski definition) is 1. The molecule has 1 heterocycles. The predicted molar refractivity (Wildman–Crippen MR) is 94.3 cm³/mol. The minimum Gasteiger partial charge on any atom is -0.324 e. The third kappa shape index (κ3) is 2.45. The molecule has 4 saturated carbocycles. The average molecular weight is 304 g/mol. The van der Waals surface area contributed by atoms with E-state index in [0.29, 0.717) is 0 Å². The van der Waals surface area contributed by atoms with Crippen LogP contribution >= 0.6 is 0 Å². The fraction of sp³-hybridized carbons (Fsp3) is 0.476. The van der Waals surface area contributed by atoms with Crippen molar-refractivity contribution < 1.29 is 0 Å². The Morgan fingerprint density at radius 1 is 0.870 bits per heavy atom. The Bertz CT molecular complexity index is 674. The van der Waals surface area contributed by atoms with Gasteiger partial charge >= 0.3 is 0 Å². The molecular weight excluding hydrogens is 280 g/mol. The number of nitrogens with zero attached hydrogens (tertiary/aromatic N) is 2. The summed E-state index contributed by atoms with van der Waals surface area (Å²) >= 11 is 0. The molecule has 2 heteroatoms. The van der Waals surface area contributed by atoms with Gasteiger partial charge in [0.05, 0.1) is 5.54 Å². The summed E-state index contributed by atoms with van der Waals surface area (Å²) < 4.78 is 2.14. The highest BCUT2D eigenvalue weighted by molar-refractivity contribution is 5.80. The topological polar surface area (TPSA) is 17.3 Å². The van der Waals surface area contributed by atoms with E-state index < -0.39 is 0 Å². The maximum atomic E-state index is 5.15. The zero-order valence-electron chi connectivity index (χ0n) is 13.6. The van der Waals surface area contributed by atoms with Crippen LogP contribution in [-0.2, 0) is 0 Å². The number of aliphatic imine (C=N–C) groups is 1. The second-order valence-corrected chi connectivity index (χ2v) is 8.08. The molecule has 6 rings (SSSR count). The van der Waals surface area contributed by atoms with Crippen LogP contribution in [-0.4, -0.2) is 16.3 Å². The van der Waals surface area contributed by atoms with Gasteiger partial charge in [-0.1, -0.05) is 12.1 Å². The maximum Gasteiger partial charge on any atom is 0.0616 e. The number of rotatable bonds is 3. The van der Waals surface area contributed by atoms with Gasteiger partial charge in [0, 0.05) is 24.3 Å². The third-order valence-corrected chi connectivity index (χ3v) is 6.29. The predicted octanol–water partition coefficient (Wildman–Crippen LogP) is 4.87. The van der Waals surface area contributed by atoms with Gasteiger partial charge < -0.3 is 4.57 Å². The van der Waals surface area contributed by atoms with E-state index in [1.165, 1.54) is 49.8 Å². The van der Waals surface area contributed by atoms with Crippen molar-refractivity contribution in [3.8, 4) is 5.69 Å². The van der Waals surface area contributed by atoms with Crippen LogP contribution in [0.15, 0.2) is 53.8 Å². The first-order valence-corrected chi connectivity index (χ1v) is 9.07. The molecule has 4 fully saturated rings. The molecule has 0 N–H and O–H groups in total. The molecule has 4 bridgehead atoms. The summed E-state index contributed by atoms with van der Waals surface area (Å²) in [5.41, 5.74) is 2.73. The lowest BCUT2D eigenvalue weighted by Crippen LogP contribution is -2.49. The molecule has 118 valence electrons. The van der Waals surface area contributed by atoms with Crippen molar-refractivity contribution in [3.05, 3.63) is 54.4 Å². The summed E-state index contributed by atoms with van der Waals surface area (Å²) in [5, 5.41) is 0. The van der Waals surface area contributed by atoms with Gasteiger partial charge in [0.25, 0.3) is 0 Å². The van der Waals surface area contributed by atoms with Crippen LogP contribution in [0.5, 0.6) is 0 Å². The molecule has 0 unspecified atom stereocenters. The lowest BCUT2D eigenvalue weighted by atomic mass is 9.53. The van der Waals surface area contributed by atoms with Gasteiger partial charge in [-0.2, -0.15) is 0 Å². The molecular formula is C21H24N2. The van der Waals surface area contributed by atoms with Gasteiger partial charge in [-0.25, -0.2) is 0 Å². The van der Waals surface area contributed by atoms with Crippen LogP contribution in [0.2, 0.25) is 0 Å². The van der Waals surface area contributed by atoms with E-state index in [4.69, 9.17) is 4.99 Å². The van der Waals surface area contributed by atoms with Crippen molar-refractivity contribution in [2.45, 2.75) is 44.1 Å². The van der Waals surface area contributed by atoms with Crippen molar-refractivity contribution >= 4 is 6.21 Å². The van der Waals surface area contributed by atoms with Gasteiger partial charge in [-0.05, 0) is 86.1 Å². The summed E-state index contributed by atoms with van der Waals surface area (Å²) in [6, 6.07) is 12.9. The van der Waals surface area contributed by atoms with Gasteiger partial charge in [0.2, 0.25) is 0 Å². The molecule has 23 heavy (non-hydrogen) atoms. The number of aromatic nitrogens is 1. The molecule has 0 radical (unpaired) electrons. The van der Waals surface area contributed by atoms with E-state index in [9.17, 15) is 0 Å². The molecule has 0 saturated heterocycles. The fourth-order valence-electron chi connectivity index (χ4n) is 5.67. The molecule has 4 aliphatic rings. The minimum absolute atomic E-state index is 0.286. The summed E-state index contributed by atoms with van der Waals surface area (Å²) in [6.07, 6.45) is 14.8. The second kappa shape index (κ2) is 5.09. The van der Waals surface area contributed by atoms with Crippen LogP contribution < -0.4 is 0 Å². The zero-order valence-corrected chi connectivity index (χ0v) is 13.6. The van der Waals surface area contributed by atoms with Crippen molar-refractivity contribution in [2.75, 3.05) is 0 Å². The van der Waals surface area contributed by atoms with E-state index in [1.807, 2.05) is 0 Å². The molecule has 1 aromatic heterocycles. The van der Waals surface area contributed by atoms with Crippen molar-refractivity contribution in [2.24, 2.45) is 22.7 Å². The Balaban J connectivity index is 1.36. The molecule has 1 aromatic carbocycles. The highest BCUT2D eigenvalue weighted by Crippen LogP contribution is 2.57. The maximum absolute atomic E-state index is 5.15. The fourth-order valence-corrected chi connectivity index (χ4v) is 5.67. The summed E-state index contributed by atoms with van der Waals surface area (Å²) in [4.78, 5) is 5.15. The van der Waals surface area contributed by atoms with Crippen LogP contribution in [0.4, 0.5) is 0 Å². The first kappa shape index (κ1) is 13.6. The van der Waals surface area contributed by atoms with Crippen molar-refractivity contribution in [1.29, 1.82) is 0 Å². The molecule has 2 nitrogen and oxygen atoms in total. The van der Waals surface area contributed by atoms with E-state index in [2.05, 4.69) is 59.6 Å². The average Bonchev–Trinajstić information content (AvgIpc) is 3.07. The Kier molecular flexibility index (Phi) is 3.01. The monoisotopic (exact) mass is 304 g/mol. The molecule has 4 aliphatic carbocycles. The highest BCUT2D eigenvalue weighted by atomic mass is 14.9. The van der Waals surface area contributed by atoms with Gasteiger partial charge in [0.15, 0.2) is 0 Å². The SMILES string of the molecule is C(=NC12CC3CC(CC(C3)C1)C2)c1ccc(-n2cccc2)cc1. The number of hydrogen-bond donors (Lipinski definition) is 0. The van der Waals surface area contributed by atoms with Crippen molar-refractivity contribution in [3.63, 3.8) is 0 Å². The van der Waals surface area contributed by atoms with Gasteiger partial charge in [0.1, 0.15) is 0 Å². The molecule has 0 amide bonds. The second-order valence-electron chi connectivity index (χ2n) is 8.08. The van der Waals surface area contributed by atoms with E-state index in [1.54, 1.807) is 0 Å². The summed E-state index contributed by atoms with van der Waals surface area (Å²) in [7, 11) is 0. The highest BCUT2D eigenvalue weighted by Gasteiger charge is 2.50. The number of benzene rings is 1. The van der Waals surface area contributed by atoms with Gasteiger partial charge in [-0.3, -0.25) is 4.99 Å². The molecule has 0 aliphatic heterocycles. The third-order valence-electron chi connectivity index (χ3n) is 6.29. The zero-order chi connectivity index (χ0) is 15.3. The normalized spacial score (nSPS) is 35.2. The summed E-state index contributed by atoms with van der Waals surface area (Å²) in [6.45, 7) is 0. The first-order chi connectivity index (χ1) is 11.3. The van der Waals surface area contributed by atoms with E-state index >= 15 is 0 Å². The Labute approximate surface area is 138 Å². The molecule has 0 spiro atoms. The lowest BCUT2D eigenvalue weighted by molar-refractivity contribution is 0.00195. The van der Waals surface area contributed by atoms with Crippen molar-refractivity contribution in [1.82, 2.24) is 4.57 Å². The molecule has 0 atom stereocenters. The van der Waals surface area contributed by atoms with Crippen LogP contribution in [0, 0.1) is 17.8 Å². The van der Waals surface area contributed by atoms with Gasteiger partial charge in [-0.15, -0.1) is 0 Å².